The van der Waals surface area contributed by atoms with Crippen molar-refractivity contribution in [3.63, 3.8) is 0 Å². The zero-order valence-electron chi connectivity index (χ0n) is 18.6. The second-order valence-corrected chi connectivity index (χ2v) is 7.81. The van der Waals surface area contributed by atoms with Crippen LogP contribution in [0.1, 0.15) is 10.4 Å². The summed E-state index contributed by atoms with van der Waals surface area (Å²) in [5.74, 6) is 0.0465. The number of anilines is 2. The average Bonchev–Trinajstić information content (AvgIpc) is 3.37. The van der Waals surface area contributed by atoms with Crippen LogP contribution in [0.15, 0.2) is 42.7 Å². The molecular formula is C23H24FN7O3. The topological polar surface area (TPSA) is 106 Å². The number of fused-ring (bicyclic) bond motifs is 3. The molecule has 0 saturated carbocycles. The fourth-order valence-corrected chi connectivity index (χ4v) is 3.91. The first-order valence-corrected chi connectivity index (χ1v) is 11.0. The standard InChI is InChI=1S/C23H24FN7O3/c1-25-23(32)16-3-2-4-19-20(16)28-21(22-29-26-14-31(19)22)27-18-13-15(5-6-17(18)24)34-12-9-30-7-10-33-11-8-30/h2-6,13-14H,7-12H2,1H3,(H,25,32)(H,27,28). The van der Waals surface area contributed by atoms with Gasteiger partial charge in [-0.1, -0.05) is 6.07 Å². The number of aromatic nitrogens is 4. The average molecular weight is 465 g/mol. The van der Waals surface area contributed by atoms with Crippen molar-refractivity contribution in [3.05, 3.63) is 54.1 Å². The van der Waals surface area contributed by atoms with Crippen LogP contribution in [0, 0.1) is 5.82 Å². The second kappa shape index (κ2) is 9.57. The summed E-state index contributed by atoms with van der Waals surface area (Å²) in [5.41, 5.74) is 2.07. The number of nitrogens with zero attached hydrogens (tertiary/aromatic N) is 5. The van der Waals surface area contributed by atoms with Crippen LogP contribution in [0.25, 0.3) is 16.7 Å². The van der Waals surface area contributed by atoms with Crippen molar-refractivity contribution in [2.45, 2.75) is 0 Å². The number of rotatable bonds is 7. The molecule has 1 amide bonds. The molecule has 1 fully saturated rings. The summed E-state index contributed by atoms with van der Waals surface area (Å²) in [7, 11) is 1.55. The highest BCUT2D eigenvalue weighted by molar-refractivity contribution is 6.05. The molecule has 2 aromatic carbocycles. The molecule has 1 aliphatic heterocycles. The normalized spacial score (nSPS) is 14.4. The first kappa shape index (κ1) is 22.0. The Bertz CT molecular complexity index is 1340. The minimum absolute atomic E-state index is 0.179. The van der Waals surface area contributed by atoms with Crippen LogP contribution in [-0.4, -0.2) is 76.9 Å². The van der Waals surface area contributed by atoms with E-state index in [-0.39, 0.29) is 17.4 Å². The highest BCUT2D eigenvalue weighted by atomic mass is 19.1. The number of para-hydroxylation sites is 1. The SMILES string of the molecule is CNC(=O)c1cccc2c1nc(Nc1cc(OCCN3CCOCC3)ccc1F)c1nncn12. The van der Waals surface area contributed by atoms with Crippen LogP contribution in [-0.2, 0) is 4.74 Å². The van der Waals surface area contributed by atoms with Gasteiger partial charge < -0.3 is 20.1 Å². The van der Waals surface area contributed by atoms with Gasteiger partial charge in [0.1, 0.15) is 30.0 Å². The Hall–Kier alpha value is -3.83. The molecule has 10 nitrogen and oxygen atoms in total. The number of nitrogens with one attached hydrogen (secondary N) is 2. The fraction of sp³-hybridized carbons (Fsp3) is 0.304. The lowest BCUT2D eigenvalue weighted by Gasteiger charge is -2.26. The molecule has 0 bridgehead atoms. The summed E-state index contributed by atoms with van der Waals surface area (Å²) < 4.78 is 27.6. The minimum atomic E-state index is -0.473. The van der Waals surface area contributed by atoms with Crippen LogP contribution in [0.5, 0.6) is 5.75 Å². The van der Waals surface area contributed by atoms with Crippen LogP contribution >= 0.6 is 0 Å². The number of benzene rings is 2. The maximum Gasteiger partial charge on any atom is 0.253 e. The maximum atomic E-state index is 14.7. The molecule has 0 aliphatic carbocycles. The Morgan fingerprint density at radius 2 is 2.09 bits per heavy atom. The van der Waals surface area contributed by atoms with E-state index in [2.05, 4.69) is 30.7 Å². The third kappa shape index (κ3) is 4.35. The van der Waals surface area contributed by atoms with Gasteiger partial charge in [-0.05, 0) is 24.3 Å². The molecule has 4 aromatic rings. The van der Waals surface area contributed by atoms with Gasteiger partial charge in [-0.2, -0.15) is 0 Å². The summed E-state index contributed by atoms with van der Waals surface area (Å²) in [6.07, 6.45) is 1.53. The van der Waals surface area contributed by atoms with Crippen LogP contribution in [0.3, 0.4) is 0 Å². The quantitative estimate of drug-likeness (QED) is 0.428. The number of carbonyl (C=O) groups excluding carboxylic acids is 1. The van der Waals surface area contributed by atoms with Crippen LogP contribution < -0.4 is 15.4 Å². The van der Waals surface area contributed by atoms with E-state index < -0.39 is 5.82 Å². The Labute approximate surface area is 194 Å². The number of hydrogen-bond acceptors (Lipinski definition) is 8. The van der Waals surface area contributed by atoms with E-state index in [1.54, 1.807) is 35.7 Å². The zero-order chi connectivity index (χ0) is 23.5. The molecule has 2 aromatic heterocycles. The molecule has 5 rings (SSSR count). The van der Waals surface area contributed by atoms with E-state index in [0.717, 1.165) is 32.8 Å². The summed E-state index contributed by atoms with van der Waals surface area (Å²) in [4.78, 5) is 19.3. The molecule has 1 aliphatic rings. The largest absolute Gasteiger partial charge is 0.492 e. The van der Waals surface area contributed by atoms with E-state index in [0.29, 0.717) is 34.6 Å². The molecule has 11 heteroatoms. The molecule has 0 radical (unpaired) electrons. The van der Waals surface area contributed by atoms with Crippen molar-refractivity contribution in [2.75, 3.05) is 51.8 Å². The van der Waals surface area contributed by atoms with Gasteiger partial charge in [-0.3, -0.25) is 14.1 Å². The maximum absolute atomic E-state index is 14.7. The predicted octanol–water partition coefficient (Wildman–Crippen LogP) is 2.23. The van der Waals surface area contributed by atoms with Gasteiger partial charge in [-0.25, -0.2) is 9.37 Å². The van der Waals surface area contributed by atoms with E-state index in [9.17, 15) is 9.18 Å². The first-order valence-electron chi connectivity index (χ1n) is 11.0. The van der Waals surface area contributed by atoms with Gasteiger partial charge in [0.2, 0.25) is 5.65 Å². The zero-order valence-corrected chi connectivity index (χ0v) is 18.6. The van der Waals surface area contributed by atoms with Crippen molar-refractivity contribution in [1.29, 1.82) is 0 Å². The summed E-state index contributed by atoms with van der Waals surface area (Å²) >= 11 is 0. The Kier molecular flexibility index (Phi) is 6.19. The lowest BCUT2D eigenvalue weighted by Crippen LogP contribution is -2.38. The van der Waals surface area contributed by atoms with Crippen molar-refractivity contribution < 1.29 is 18.7 Å². The number of ether oxygens (including phenoxy) is 2. The summed E-state index contributed by atoms with van der Waals surface area (Å²) in [6.45, 7) is 4.44. The van der Waals surface area contributed by atoms with Crippen LogP contribution in [0.4, 0.5) is 15.9 Å². The smallest absolute Gasteiger partial charge is 0.253 e. The van der Waals surface area contributed by atoms with Crippen molar-refractivity contribution >= 4 is 34.1 Å². The number of amides is 1. The molecular weight excluding hydrogens is 441 g/mol. The molecule has 1 saturated heterocycles. The van der Waals surface area contributed by atoms with Gasteiger partial charge in [-0.15, -0.1) is 10.2 Å². The molecule has 0 spiro atoms. The summed E-state index contributed by atoms with van der Waals surface area (Å²) in [5, 5.41) is 13.7. The van der Waals surface area contributed by atoms with Crippen LogP contribution in [0.2, 0.25) is 0 Å². The lowest BCUT2D eigenvalue weighted by molar-refractivity contribution is 0.0322. The van der Waals surface area contributed by atoms with Crippen molar-refractivity contribution in [2.24, 2.45) is 0 Å². The molecule has 2 N–H and O–H groups in total. The Morgan fingerprint density at radius 3 is 2.91 bits per heavy atom. The Balaban J connectivity index is 1.43. The van der Waals surface area contributed by atoms with Gasteiger partial charge in [0.25, 0.3) is 5.91 Å². The van der Waals surface area contributed by atoms with Gasteiger partial charge >= 0.3 is 0 Å². The number of halogens is 1. The van der Waals surface area contributed by atoms with E-state index >= 15 is 0 Å². The highest BCUT2D eigenvalue weighted by Gasteiger charge is 2.17. The van der Waals surface area contributed by atoms with E-state index in [1.165, 1.54) is 12.4 Å². The fourth-order valence-electron chi connectivity index (χ4n) is 3.91. The molecule has 3 heterocycles. The minimum Gasteiger partial charge on any atom is -0.492 e. The van der Waals surface area contributed by atoms with Crippen molar-refractivity contribution in [3.8, 4) is 5.75 Å². The van der Waals surface area contributed by atoms with Gasteiger partial charge in [0.05, 0.1) is 30.0 Å². The summed E-state index contributed by atoms with van der Waals surface area (Å²) in [6, 6.07) is 9.76. The molecule has 0 atom stereocenters. The number of carbonyl (C=O) groups is 1. The van der Waals surface area contributed by atoms with Crippen molar-refractivity contribution in [1.82, 2.24) is 29.8 Å². The number of hydrogen-bond donors (Lipinski definition) is 2. The van der Waals surface area contributed by atoms with E-state index in [4.69, 9.17) is 9.47 Å². The van der Waals surface area contributed by atoms with Gasteiger partial charge in [0.15, 0.2) is 5.82 Å². The molecule has 34 heavy (non-hydrogen) atoms. The predicted molar refractivity (Wildman–Crippen MR) is 124 cm³/mol. The second-order valence-electron chi connectivity index (χ2n) is 7.81. The first-order chi connectivity index (χ1) is 16.6. The molecule has 176 valence electrons. The Morgan fingerprint density at radius 1 is 1.24 bits per heavy atom. The van der Waals surface area contributed by atoms with E-state index in [1.807, 2.05) is 6.07 Å². The third-order valence-electron chi connectivity index (χ3n) is 5.70. The highest BCUT2D eigenvalue weighted by Crippen LogP contribution is 2.28. The lowest BCUT2D eigenvalue weighted by atomic mass is 10.1. The third-order valence-corrected chi connectivity index (χ3v) is 5.70. The molecule has 0 unspecified atom stereocenters. The number of morpholine rings is 1. The van der Waals surface area contributed by atoms with Gasteiger partial charge in [0, 0.05) is 32.7 Å². The monoisotopic (exact) mass is 465 g/mol.